The van der Waals surface area contributed by atoms with Crippen molar-refractivity contribution in [2.24, 2.45) is 0 Å². The molecule has 0 radical (unpaired) electrons. The third kappa shape index (κ3) is 4.42. The topological polar surface area (TPSA) is 71.1 Å². The summed E-state index contributed by atoms with van der Waals surface area (Å²) in [5.74, 6) is 0.630. The van der Waals surface area contributed by atoms with Gasteiger partial charge in [-0.25, -0.2) is 4.79 Å². The average molecular weight is 466 g/mol. The molecule has 0 aromatic heterocycles. The van der Waals surface area contributed by atoms with Crippen LogP contribution in [0.25, 0.3) is 0 Å². The SMILES string of the molecule is COCCc1cccc(C2(N(C)C)CCC3(CC2)NC(=O)N(Cc2ccc(OC)cc2)C3=O)c1. The Bertz CT molecular complexity index is 1030. The summed E-state index contributed by atoms with van der Waals surface area (Å²) in [6, 6.07) is 15.8. The molecule has 1 heterocycles. The summed E-state index contributed by atoms with van der Waals surface area (Å²) in [4.78, 5) is 30.0. The van der Waals surface area contributed by atoms with Crippen molar-refractivity contribution in [3.05, 3.63) is 65.2 Å². The van der Waals surface area contributed by atoms with Gasteiger partial charge in [-0.3, -0.25) is 14.6 Å². The molecule has 2 aromatic rings. The zero-order chi connectivity index (χ0) is 24.3. The predicted molar refractivity (Wildman–Crippen MR) is 131 cm³/mol. The van der Waals surface area contributed by atoms with Crippen LogP contribution in [0.1, 0.15) is 42.4 Å². The number of rotatable bonds is 8. The van der Waals surface area contributed by atoms with Gasteiger partial charge in [0.1, 0.15) is 11.3 Å². The molecule has 7 nitrogen and oxygen atoms in total. The van der Waals surface area contributed by atoms with Crippen LogP contribution in [0, 0.1) is 0 Å². The molecule has 7 heteroatoms. The molecule has 34 heavy (non-hydrogen) atoms. The van der Waals surface area contributed by atoms with Crippen LogP contribution in [0.3, 0.4) is 0 Å². The summed E-state index contributed by atoms with van der Waals surface area (Å²) in [5.41, 5.74) is 2.40. The maximum Gasteiger partial charge on any atom is 0.325 e. The van der Waals surface area contributed by atoms with E-state index < -0.39 is 5.54 Å². The van der Waals surface area contributed by atoms with E-state index in [2.05, 4.69) is 48.6 Å². The van der Waals surface area contributed by atoms with Crippen LogP contribution in [-0.2, 0) is 28.0 Å². The minimum atomic E-state index is -0.823. The number of ether oxygens (including phenoxy) is 2. The molecular formula is C27H35N3O4. The number of carbonyl (C=O) groups is 2. The fourth-order valence-corrected chi connectivity index (χ4v) is 5.39. The van der Waals surface area contributed by atoms with Crippen molar-refractivity contribution in [2.75, 3.05) is 34.9 Å². The van der Waals surface area contributed by atoms with Gasteiger partial charge in [0.2, 0.25) is 0 Å². The summed E-state index contributed by atoms with van der Waals surface area (Å²) in [6.07, 6.45) is 3.66. The minimum Gasteiger partial charge on any atom is -0.497 e. The molecule has 1 aliphatic carbocycles. The molecular weight excluding hydrogens is 430 g/mol. The van der Waals surface area contributed by atoms with E-state index in [-0.39, 0.29) is 24.0 Å². The van der Waals surface area contributed by atoms with Gasteiger partial charge in [-0.1, -0.05) is 36.4 Å². The highest BCUT2D eigenvalue weighted by atomic mass is 16.5. The summed E-state index contributed by atoms with van der Waals surface area (Å²) in [5, 5.41) is 3.06. The maximum absolute atomic E-state index is 13.5. The van der Waals surface area contributed by atoms with E-state index in [4.69, 9.17) is 9.47 Å². The second kappa shape index (κ2) is 9.76. The van der Waals surface area contributed by atoms with Crippen molar-refractivity contribution in [3.63, 3.8) is 0 Å². The van der Waals surface area contributed by atoms with Crippen LogP contribution >= 0.6 is 0 Å². The first-order valence-corrected chi connectivity index (χ1v) is 11.9. The molecule has 0 atom stereocenters. The van der Waals surface area contributed by atoms with Gasteiger partial charge in [0.05, 0.1) is 20.3 Å². The predicted octanol–water partition coefficient (Wildman–Crippen LogP) is 3.71. The van der Waals surface area contributed by atoms with Crippen molar-refractivity contribution in [3.8, 4) is 5.75 Å². The van der Waals surface area contributed by atoms with E-state index >= 15 is 0 Å². The number of nitrogens with zero attached hydrogens (tertiary/aromatic N) is 2. The number of methoxy groups -OCH3 is 2. The molecule has 1 N–H and O–H groups in total. The number of imide groups is 1. The Morgan fingerprint density at radius 2 is 1.68 bits per heavy atom. The van der Waals surface area contributed by atoms with E-state index in [0.29, 0.717) is 19.4 Å². The first kappa shape index (κ1) is 24.2. The number of carbonyl (C=O) groups excluding carboxylic acids is 2. The number of benzene rings is 2. The molecule has 1 saturated carbocycles. The molecule has 2 aliphatic rings. The molecule has 0 unspecified atom stereocenters. The van der Waals surface area contributed by atoms with Crippen LogP contribution in [0.5, 0.6) is 5.75 Å². The van der Waals surface area contributed by atoms with Gasteiger partial charge in [0.15, 0.2) is 0 Å². The number of hydrogen-bond donors (Lipinski definition) is 1. The standard InChI is InChI=1S/C27H35N3O4/c1-29(2)27(22-7-5-6-20(18-22)12-17-33-3)15-13-26(14-16-27)24(31)30(25(32)28-26)19-21-8-10-23(34-4)11-9-21/h5-11,18H,12-17,19H2,1-4H3,(H,28,32). The Morgan fingerprint density at radius 1 is 0.971 bits per heavy atom. The Morgan fingerprint density at radius 3 is 2.29 bits per heavy atom. The van der Waals surface area contributed by atoms with E-state index in [1.54, 1.807) is 14.2 Å². The average Bonchev–Trinajstić information content (AvgIpc) is 3.08. The third-order valence-electron chi connectivity index (χ3n) is 7.59. The normalized spacial score (nSPS) is 24.7. The fourth-order valence-electron chi connectivity index (χ4n) is 5.39. The molecule has 3 amide bonds. The van der Waals surface area contributed by atoms with Crippen LogP contribution < -0.4 is 10.1 Å². The molecule has 2 fully saturated rings. The number of hydrogen-bond acceptors (Lipinski definition) is 5. The van der Waals surface area contributed by atoms with Crippen molar-refractivity contribution in [1.29, 1.82) is 0 Å². The summed E-state index contributed by atoms with van der Waals surface area (Å²) < 4.78 is 10.5. The molecule has 1 spiro atoms. The third-order valence-corrected chi connectivity index (χ3v) is 7.59. The van der Waals surface area contributed by atoms with Gasteiger partial charge in [0, 0.05) is 12.6 Å². The van der Waals surface area contributed by atoms with Gasteiger partial charge in [0.25, 0.3) is 5.91 Å². The van der Waals surface area contributed by atoms with Crippen molar-refractivity contribution < 1.29 is 19.1 Å². The highest BCUT2D eigenvalue weighted by molar-refractivity contribution is 6.07. The van der Waals surface area contributed by atoms with Crippen molar-refractivity contribution >= 4 is 11.9 Å². The molecule has 1 saturated heterocycles. The second-order valence-electron chi connectivity index (χ2n) is 9.62. The van der Waals surface area contributed by atoms with E-state index in [0.717, 1.165) is 30.6 Å². The Labute approximate surface area is 202 Å². The lowest BCUT2D eigenvalue weighted by Crippen LogP contribution is -2.55. The quantitative estimate of drug-likeness (QED) is 0.602. The highest BCUT2D eigenvalue weighted by Crippen LogP contribution is 2.46. The number of nitrogens with one attached hydrogen (secondary N) is 1. The monoisotopic (exact) mass is 465 g/mol. The number of urea groups is 1. The lowest BCUT2D eigenvalue weighted by molar-refractivity contribution is -0.134. The fraction of sp³-hybridized carbons (Fsp3) is 0.481. The molecule has 1 aliphatic heterocycles. The Balaban J connectivity index is 1.51. The highest BCUT2D eigenvalue weighted by Gasteiger charge is 2.55. The van der Waals surface area contributed by atoms with Crippen LogP contribution in [0.4, 0.5) is 4.79 Å². The van der Waals surface area contributed by atoms with Gasteiger partial charge >= 0.3 is 6.03 Å². The second-order valence-corrected chi connectivity index (χ2v) is 9.62. The maximum atomic E-state index is 13.5. The largest absolute Gasteiger partial charge is 0.497 e. The zero-order valence-electron chi connectivity index (χ0n) is 20.6. The van der Waals surface area contributed by atoms with Crippen LogP contribution in [0.15, 0.2) is 48.5 Å². The van der Waals surface area contributed by atoms with Crippen LogP contribution in [0.2, 0.25) is 0 Å². The molecule has 0 bridgehead atoms. The lowest BCUT2D eigenvalue weighted by atomic mass is 9.68. The van der Waals surface area contributed by atoms with Gasteiger partial charge in [-0.2, -0.15) is 0 Å². The summed E-state index contributed by atoms with van der Waals surface area (Å²) in [7, 11) is 7.54. The Kier molecular flexibility index (Phi) is 6.96. The summed E-state index contributed by atoms with van der Waals surface area (Å²) >= 11 is 0. The first-order chi connectivity index (χ1) is 16.3. The van der Waals surface area contributed by atoms with Gasteiger partial charge in [-0.15, -0.1) is 0 Å². The minimum absolute atomic E-state index is 0.116. The van der Waals surface area contributed by atoms with Gasteiger partial charge in [-0.05, 0) is 75.0 Å². The van der Waals surface area contributed by atoms with Crippen LogP contribution in [-0.4, -0.2) is 62.2 Å². The molecule has 4 rings (SSSR count). The first-order valence-electron chi connectivity index (χ1n) is 11.9. The smallest absolute Gasteiger partial charge is 0.325 e. The molecule has 2 aromatic carbocycles. The lowest BCUT2D eigenvalue weighted by Gasteiger charge is -2.48. The van der Waals surface area contributed by atoms with E-state index in [1.165, 1.54) is 16.0 Å². The van der Waals surface area contributed by atoms with Crippen molar-refractivity contribution in [1.82, 2.24) is 15.1 Å². The molecule has 182 valence electrons. The zero-order valence-corrected chi connectivity index (χ0v) is 20.6. The Hall–Kier alpha value is -2.90. The van der Waals surface area contributed by atoms with E-state index in [1.807, 2.05) is 24.3 Å². The van der Waals surface area contributed by atoms with E-state index in [9.17, 15) is 9.59 Å². The van der Waals surface area contributed by atoms with Gasteiger partial charge < -0.3 is 14.8 Å². The summed E-state index contributed by atoms with van der Waals surface area (Å²) in [6.45, 7) is 0.947. The van der Waals surface area contributed by atoms with Crippen molar-refractivity contribution in [2.45, 2.75) is 49.7 Å². The number of amides is 3.